The Hall–Kier alpha value is -1.66. The average molecular weight is 326 g/mol. The van der Waals surface area contributed by atoms with Crippen LogP contribution in [0.1, 0.15) is 31.7 Å². The van der Waals surface area contributed by atoms with Crippen LogP contribution in [0.5, 0.6) is 0 Å². The molecule has 1 aromatic carbocycles. The number of rotatable bonds is 4. The Morgan fingerprint density at radius 3 is 2.86 bits per heavy atom. The van der Waals surface area contributed by atoms with Crippen LogP contribution in [0.4, 0.5) is 5.69 Å². The lowest BCUT2D eigenvalue weighted by Crippen LogP contribution is -2.52. The summed E-state index contributed by atoms with van der Waals surface area (Å²) in [7, 11) is 0. The lowest BCUT2D eigenvalue weighted by atomic mass is 9.96. The van der Waals surface area contributed by atoms with Crippen molar-refractivity contribution in [3.05, 3.63) is 38.9 Å². The number of amides is 1. The molecule has 0 spiro atoms. The number of halogens is 1. The number of nitro benzene ring substituents is 1. The van der Waals surface area contributed by atoms with Gasteiger partial charge in [-0.1, -0.05) is 17.7 Å². The van der Waals surface area contributed by atoms with E-state index in [9.17, 15) is 14.9 Å². The van der Waals surface area contributed by atoms with Crippen molar-refractivity contribution in [2.75, 3.05) is 6.54 Å². The molecule has 1 amide bonds. The first-order valence-electron chi connectivity index (χ1n) is 7.38. The zero-order chi connectivity index (χ0) is 16.3. The van der Waals surface area contributed by atoms with Crippen molar-refractivity contribution in [3.63, 3.8) is 0 Å². The second-order valence-electron chi connectivity index (χ2n) is 5.72. The summed E-state index contributed by atoms with van der Waals surface area (Å²) >= 11 is 6.06. The maximum absolute atomic E-state index is 12.5. The predicted octanol–water partition coefficient (Wildman–Crippen LogP) is 2.52. The van der Waals surface area contributed by atoms with Gasteiger partial charge in [-0.05, 0) is 31.7 Å². The number of carbonyl (C=O) groups is 1. The Bertz CT molecular complexity index is 577. The molecule has 1 aliphatic rings. The summed E-state index contributed by atoms with van der Waals surface area (Å²) in [6.07, 6.45) is 3.11. The summed E-state index contributed by atoms with van der Waals surface area (Å²) < 4.78 is 0. The van der Waals surface area contributed by atoms with Gasteiger partial charge in [0, 0.05) is 30.8 Å². The fraction of sp³-hybridized carbons (Fsp3) is 0.533. The summed E-state index contributed by atoms with van der Waals surface area (Å²) in [5.41, 5.74) is 6.50. The molecule has 22 heavy (non-hydrogen) atoms. The zero-order valence-electron chi connectivity index (χ0n) is 12.5. The van der Waals surface area contributed by atoms with E-state index in [1.165, 1.54) is 12.1 Å². The summed E-state index contributed by atoms with van der Waals surface area (Å²) in [6.45, 7) is 2.62. The minimum atomic E-state index is -0.506. The van der Waals surface area contributed by atoms with Crippen molar-refractivity contribution >= 4 is 23.2 Å². The number of nitro groups is 1. The third kappa shape index (κ3) is 3.75. The molecule has 2 rings (SSSR count). The quantitative estimate of drug-likeness (QED) is 0.680. The van der Waals surface area contributed by atoms with Crippen molar-refractivity contribution < 1.29 is 9.72 Å². The first-order valence-corrected chi connectivity index (χ1v) is 7.76. The molecule has 6 nitrogen and oxygen atoms in total. The van der Waals surface area contributed by atoms with Crippen LogP contribution in [0.25, 0.3) is 0 Å². The molecular formula is C15H20ClN3O3. The van der Waals surface area contributed by atoms with Crippen LogP contribution >= 0.6 is 11.6 Å². The van der Waals surface area contributed by atoms with Gasteiger partial charge in [0.1, 0.15) is 0 Å². The smallest absolute Gasteiger partial charge is 0.270 e. The SMILES string of the molecule is CC(N)C1CCCCN1C(=O)Cc1ccc([N+](=O)[O-])cc1Cl. The van der Waals surface area contributed by atoms with Crippen molar-refractivity contribution in [3.8, 4) is 0 Å². The first-order chi connectivity index (χ1) is 10.4. The highest BCUT2D eigenvalue weighted by atomic mass is 35.5. The molecule has 120 valence electrons. The number of likely N-dealkylation sites (tertiary alicyclic amines) is 1. The zero-order valence-corrected chi connectivity index (χ0v) is 13.3. The summed E-state index contributed by atoms with van der Waals surface area (Å²) in [6, 6.07) is 4.18. The van der Waals surface area contributed by atoms with Crippen molar-refractivity contribution in [2.24, 2.45) is 5.73 Å². The fourth-order valence-corrected chi connectivity index (χ4v) is 3.11. The van der Waals surface area contributed by atoms with E-state index < -0.39 is 4.92 Å². The van der Waals surface area contributed by atoms with Gasteiger partial charge >= 0.3 is 0 Å². The number of piperidine rings is 1. The second-order valence-corrected chi connectivity index (χ2v) is 6.13. The third-order valence-corrected chi connectivity index (χ3v) is 4.42. The summed E-state index contributed by atoms with van der Waals surface area (Å²) in [5.74, 6) is -0.0299. The van der Waals surface area contributed by atoms with Gasteiger partial charge in [0.2, 0.25) is 5.91 Å². The van der Waals surface area contributed by atoms with E-state index in [0.717, 1.165) is 19.3 Å². The molecule has 2 atom stereocenters. The molecule has 1 aliphatic heterocycles. The minimum absolute atomic E-state index is 0.0299. The van der Waals surface area contributed by atoms with E-state index >= 15 is 0 Å². The number of hydrogen-bond donors (Lipinski definition) is 1. The molecule has 0 aromatic heterocycles. The molecule has 1 saturated heterocycles. The molecule has 0 radical (unpaired) electrons. The van der Waals surface area contributed by atoms with E-state index in [1.54, 1.807) is 6.07 Å². The number of nitrogens with two attached hydrogens (primary N) is 1. The highest BCUT2D eigenvalue weighted by Gasteiger charge is 2.29. The van der Waals surface area contributed by atoms with Gasteiger partial charge in [0.15, 0.2) is 0 Å². The van der Waals surface area contributed by atoms with Gasteiger partial charge in [-0.3, -0.25) is 14.9 Å². The molecule has 1 heterocycles. The van der Waals surface area contributed by atoms with E-state index in [1.807, 2.05) is 11.8 Å². The second kappa shape index (κ2) is 7.07. The minimum Gasteiger partial charge on any atom is -0.338 e. The van der Waals surface area contributed by atoms with Crippen LogP contribution in [0.15, 0.2) is 18.2 Å². The normalized spacial score (nSPS) is 19.8. The van der Waals surface area contributed by atoms with Crippen LogP contribution in [0.3, 0.4) is 0 Å². The number of non-ortho nitro benzene ring substituents is 1. The Balaban J connectivity index is 2.12. The first kappa shape index (κ1) is 16.7. The van der Waals surface area contributed by atoms with Gasteiger partial charge < -0.3 is 10.6 Å². The third-order valence-electron chi connectivity index (χ3n) is 4.07. The molecule has 1 aromatic rings. The maximum Gasteiger partial charge on any atom is 0.270 e. The Morgan fingerprint density at radius 1 is 1.55 bits per heavy atom. The Labute approximate surface area is 134 Å². The summed E-state index contributed by atoms with van der Waals surface area (Å²) in [4.78, 5) is 24.6. The van der Waals surface area contributed by atoms with E-state index in [2.05, 4.69) is 0 Å². The number of benzene rings is 1. The fourth-order valence-electron chi connectivity index (χ4n) is 2.87. The monoisotopic (exact) mass is 325 g/mol. The van der Waals surface area contributed by atoms with Crippen molar-refractivity contribution in [1.82, 2.24) is 4.90 Å². The highest BCUT2D eigenvalue weighted by molar-refractivity contribution is 6.31. The molecule has 7 heteroatoms. The van der Waals surface area contributed by atoms with Crippen LogP contribution in [-0.4, -0.2) is 34.4 Å². The topological polar surface area (TPSA) is 89.5 Å². The van der Waals surface area contributed by atoms with Crippen molar-refractivity contribution in [2.45, 2.75) is 44.7 Å². The van der Waals surface area contributed by atoms with Crippen molar-refractivity contribution in [1.29, 1.82) is 0 Å². The maximum atomic E-state index is 12.5. The van der Waals surface area contributed by atoms with Gasteiger partial charge in [0.25, 0.3) is 5.69 Å². The molecule has 0 saturated carbocycles. The van der Waals surface area contributed by atoms with Crippen LogP contribution in [0.2, 0.25) is 5.02 Å². The van der Waals surface area contributed by atoms with Gasteiger partial charge in [-0.2, -0.15) is 0 Å². The van der Waals surface area contributed by atoms with E-state index in [4.69, 9.17) is 17.3 Å². The largest absolute Gasteiger partial charge is 0.338 e. The van der Waals surface area contributed by atoms with Crippen LogP contribution in [-0.2, 0) is 11.2 Å². The lowest BCUT2D eigenvalue weighted by Gasteiger charge is -2.38. The predicted molar refractivity (Wildman–Crippen MR) is 84.8 cm³/mol. The number of hydrogen-bond acceptors (Lipinski definition) is 4. The Kier molecular flexibility index (Phi) is 5.37. The molecule has 0 bridgehead atoms. The number of carbonyl (C=O) groups excluding carboxylic acids is 1. The molecule has 0 aliphatic carbocycles. The van der Waals surface area contributed by atoms with Gasteiger partial charge in [0.05, 0.1) is 16.4 Å². The molecule has 1 fully saturated rings. The standard InChI is InChI=1S/C15H20ClN3O3/c1-10(17)14-4-2-3-7-18(14)15(20)8-11-5-6-12(19(21)22)9-13(11)16/h5-6,9-10,14H,2-4,7-8,17H2,1H3. The lowest BCUT2D eigenvalue weighted by molar-refractivity contribution is -0.384. The van der Waals surface area contributed by atoms with Gasteiger partial charge in [-0.15, -0.1) is 0 Å². The summed E-state index contributed by atoms with van der Waals surface area (Å²) in [5, 5.41) is 11.0. The van der Waals surface area contributed by atoms with E-state index in [0.29, 0.717) is 12.1 Å². The number of nitrogens with zero attached hydrogens (tertiary/aromatic N) is 2. The van der Waals surface area contributed by atoms with Crippen LogP contribution in [0, 0.1) is 10.1 Å². The highest BCUT2D eigenvalue weighted by Crippen LogP contribution is 2.25. The molecule has 2 N–H and O–H groups in total. The average Bonchev–Trinajstić information content (AvgIpc) is 2.48. The van der Waals surface area contributed by atoms with Crippen LogP contribution < -0.4 is 5.73 Å². The molecular weight excluding hydrogens is 306 g/mol. The van der Waals surface area contributed by atoms with E-state index in [-0.39, 0.29) is 35.1 Å². The Morgan fingerprint density at radius 2 is 2.27 bits per heavy atom. The molecule has 2 unspecified atom stereocenters. The van der Waals surface area contributed by atoms with Gasteiger partial charge in [-0.25, -0.2) is 0 Å².